The highest BCUT2D eigenvalue weighted by atomic mass is 32.1. The number of benzene rings is 1. The quantitative estimate of drug-likeness (QED) is 0.630. The lowest BCUT2D eigenvalue weighted by atomic mass is 9.96. The van der Waals surface area contributed by atoms with Gasteiger partial charge in [0, 0.05) is 10.8 Å². The Hall–Kier alpha value is -1.62. The van der Waals surface area contributed by atoms with Crippen molar-refractivity contribution in [3.05, 3.63) is 30.1 Å². The van der Waals surface area contributed by atoms with Gasteiger partial charge in [-0.25, -0.2) is 4.98 Å². The number of nitrogens with zero attached hydrogens (tertiary/aromatic N) is 4. The second kappa shape index (κ2) is 3.68. The van der Waals surface area contributed by atoms with Crippen molar-refractivity contribution >= 4 is 34.9 Å². The highest BCUT2D eigenvalue weighted by Crippen LogP contribution is 2.28. The second-order valence-corrected chi connectivity index (χ2v) is 5.79. The molecule has 0 saturated heterocycles. The van der Waals surface area contributed by atoms with Crippen LogP contribution in [0.3, 0.4) is 0 Å². The van der Waals surface area contributed by atoms with Crippen LogP contribution in [0.2, 0.25) is 0 Å². The van der Waals surface area contributed by atoms with Gasteiger partial charge in [-0.2, -0.15) is 0 Å². The van der Waals surface area contributed by atoms with Crippen LogP contribution in [-0.2, 0) is 5.41 Å². The molecule has 0 unspecified atom stereocenters. The number of hydrogen-bond donors (Lipinski definition) is 1. The third-order valence-electron chi connectivity index (χ3n) is 2.93. The van der Waals surface area contributed by atoms with E-state index in [2.05, 4.69) is 48.8 Å². The topological polar surface area (TPSA) is 43.6 Å². The van der Waals surface area contributed by atoms with E-state index < -0.39 is 0 Å². The maximum absolute atomic E-state index is 4.60. The van der Waals surface area contributed by atoms with Gasteiger partial charge in [-0.1, -0.05) is 51.8 Å². The average Bonchev–Trinajstić information content (AvgIpc) is 2.63. The van der Waals surface area contributed by atoms with Crippen LogP contribution < -0.4 is 0 Å². The van der Waals surface area contributed by atoms with Gasteiger partial charge < -0.3 is 0 Å². The molecule has 0 aliphatic heterocycles. The summed E-state index contributed by atoms with van der Waals surface area (Å²) < 4.78 is 1.77. The monoisotopic (exact) mass is 258 g/mol. The molecular formula is C13H14N4S. The Balaban J connectivity index is 2.42. The molecule has 3 rings (SSSR count). The molecule has 0 saturated carbocycles. The smallest absolute Gasteiger partial charge is 0.173 e. The van der Waals surface area contributed by atoms with Crippen molar-refractivity contribution in [3.63, 3.8) is 0 Å². The molecule has 0 spiro atoms. The molecule has 1 aromatic carbocycles. The van der Waals surface area contributed by atoms with Crippen molar-refractivity contribution in [2.75, 3.05) is 0 Å². The standard InChI is InChI=1S/C13H14N4S/c1-13(2,3)12-14-11-10(15-16-12)8-6-4-5-7-9(8)17(11)18/h4-7,18H,1-3H3. The molecule has 4 nitrogen and oxygen atoms in total. The first-order valence-electron chi connectivity index (χ1n) is 5.82. The molecule has 0 atom stereocenters. The maximum atomic E-state index is 4.60. The van der Waals surface area contributed by atoms with Crippen LogP contribution in [-0.4, -0.2) is 19.2 Å². The minimum absolute atomic E-state index is 0.120. The lowest BCUT2D eigenvalue weighted by Gasteiger charge is -2.14. The second-order valence-electron chi connectivity index (χ2n) is 5.39. The van der Waals surface area contributed by atoms with Crippen LogP contribution in [0, 0.1) is 0 Å². The van der Waals surface area contributed by atoms with Gasteiger partial charge in [0.05, 0.1) is 5.52 Å². The summed E-state index contributed by atoms with van der Waals surface area (Å²) in [7, 11) is 0. The molecule has 0 N–H and O–H groups in total. The number of fused-ring (bicyclic) bond motifs is 3. The van der Waals surface area contributed by atoms with Crippen LogP contribution in [0.25, 0.3) is 22.1 Å². The zero-order valence-electron chi connectivity index (χ0n) is 10.5. The largest absolute Gasteiger partial charge is 0.268 e. The Labute approximate surface area is 111 Å². The van der Waals surface area contributed by atoms with E-state index in [9.17, 15) is 0 Å². The summed E-state index contributed by atoms with van der Waals surface area (Å²) in [6.45, 7) is 6.21. The van der Waals surface area contributed by atoms with Gasteiger partial charge in [0.15, 0.2) is 11.5 Å². The zero-order valence-corrected chi connectivity index (χ0v) is 11.4. The van der Waals surface area contributed by atoms with Crippen molar-refractivity contribution in [2.45, 2.75) is 26.2 Å². The fraction of sp³-hybridized carbons (Fsp3) is 0.308. The molecule has 3 aromatic rings. The van der Waals surface area contributed by atoms with Gasteiger partial charge in [0.2, 0.25) is 0 Å². The van der Waals surface area contributed by atoms with Gasteiger partial charge in [0.1, 0.15) is 5.52 Å². The average molecular weight is 258 g/mol. The normalized spacial score (nSPS) is 12.4. The molecule has 0 radical (unpaired) electrons. The van der Waals surface area contributed by atoms with Gasteiger partial charge in [-0.3, -0.25) is 3.97 Å². The van der Waals surface area contributed by atoms with Crippen molar-refractivity contribution in [3.8, 4) is 0 Å². The Morgan fingerprint density at radius 1 is 1.11 bits per heavy atom. The highest BCUT2D eigenvalue weighted by molar-refractivity contribution is 7.79. The molecule has 18 heavy (non-hydrogen) atoms. The van der Waals surface area contributed by atoms with Crippen molar-refractivity contribution < 1.29 is 0 Å². The maximum Gasteiger partial charge on any atom is 0.173 e. The molecule has 92 valence electrons. The number of rotatable bonds is 0. The molecule has 0 bridgehead atoms. The van der Waals surface area contributed by atoms with E-state index in [0.717, 1.165) is 27.9 Å². The Morgan fingerprint density at radius 2 is 1.83 bits per heavy atom. The lowest BCUT2D eigenvalue weighted by molar-refractivity contribution is 0.538. The fourth-order valence-corrected chi connectivity index (χ4v) is 2.24. The summed E-state index contributed by atoms with van der Waals surface area (Å²) in [6, 6.07) is 7.97. The molecule has 0 aliphatic carbocycles. The first-order valence-corrected chi connectivity index (χ1v) is 6.22. The molecule has 2 aromatic heterocycles. The van der Waals surface area contributed by atoms with Gasteiger partial charge in [0.25, 0.3) is 0 Å². The number of thiol groups is 1. The molecule has 2 heterocycles. The van der Waals surface area contributed by atoms with Crippen LogP contribution in [0.5, 0.6) is 0 Å². The first-order chi connectivity index (χ1) is 8.48. The predicted octanol–water partition coefficient (Wildman–Crippen LogP) is 2.97. The minimum atomic E-state index is -0.120. The number of para-hydroxylation sites is 1. The van der Waals surface area contributed by atoms with E-state index in [4.69, 9.17) is 0 Å². The molecule has 5 heteroatoms. The lowest BCUT2D eigenvalue weighted by Crippen LogP contribution is -2.17. The van der Waals surface area contributed by atoms with Gasteiger partial charge >= 0.3 is 0 Å². The summed E-state index contributed by atoms with van der Waals surface area (Å²) in [4.78, 5) is 4.60. The summed E-state index contributed by atoms with van der Waals surface area (Å²) in [5.41, 5.74) is 2.45. The van der Waals surface area contributed by atoms with Crippen LogP contribution in [0.4, 0.5) is 0 Å². The van der Waals surface area contributed by atoms with Crippen molar-refractivity contribution in [2.24, 2.45) is 0 Å². The first kappa shape index (κ1) is 11.5. The van der Waals surface area contributed by atoms with E-state index in [-0.39, 0.29) is 5.41 Å². The van der Waals surface area contributed by atoms with Crippen molar-refractivity contribution in [1.82, 2.24) is 19.2 Å². The predicted molar refractivity (Wildman–Crippen MR) is 75.9 cm³/mol. The Morgan fingerprint density at radius 3 is 2.56 bits per heavy atom. The summed E-state index contributed by atoms with van der Waals surface area (Å²) >= 11 is 4.50. The van der Waals surface area contributed by atoms with Crippen LogP contribution >= 0.6 is 12.8 Å². The zero-order chi connectivity index (χ0) is 12.9. The van der Waals surface area contributed by atoms with E-state index in [1.54, 1.807) is 3.97 Å². The number of aromatic nitrogens is 4. The summed E-state index contributed by atoms with van der Waals surface area (Å²) in [5.74, 6) is 0.730. The Kier molecular flexibility index (Phi) is 2.35. The minimum Gasteiger partial charge on any atom is -0.268 e. The van der Waals surface area contributed by atoms with E-state index in [0.29, 0.717) is 0 Å². The van der Waals surface area contributed by atoms with Crippen LogP contribution in [0.15, 0.2) is 24.3 Å². The molecule has 0 amide bonds. The SMILES string of the molecule is CC(C)(C)c1nnc2c3ccccc3n(S)c2n1. The summed E-state index contributed by atoms with van der Waals surface area (Å²) in [6.07, 6.45) is 0. The third kappa shape index (κ3) is 1.58. The van der Waals surface area contributed by atoms with Crippen molar-refractivity contribution in [1.29, 1.82) is 0 Å². The van der Waals surface area contributed by atoms with Crippen LogP contribution in [0.1, 0.15) is 26.6 Å². The van der Waals surface area contributed by atoms with E-state index >= 15 is 0 Å². The van der Waals surface area contributed by atoms with Gasteiger partial charge in [-0.15, -0.1) is 10.2 Å². The van der Waals surface area contributed by atoms with E-state index in [1.807, 2.05) is 24.3 Å². The Bertz CT molecular complexity index is 740. The number of hydrogen-bond acceptors (Lipinski definition) is 4. The molecule has 0 aliphatic rings. The van der Waals surface area contributed by atoms with Gasteiger partial charge in [-0.05, 0) is 6.07 Å². The third-order valence-corrected chi connectivity index (χ3v) is 3.33. The highest BCUT2D eigenvalue weighted by Gasteiger charge is 2.20. The van der Waals surface area contributed by atoms with E-state index in [1.165, 1.54) is 0 Å². The fourth-order valence-electron chi connectivity index (χ4n) is 1.93. The summed E-state index contributed by atoms with van der Waals surface area (Å²) in [5, 5.41) is 9.58. The molecule has 0 fully saturated rings. The molecular weight excluding hydrogens is 244 g/mol.